The summed E-state index contributed by atoms with van der Waals surface area (Å²) in [6.07, 6.45) is 2.29. The number of carbonyl (C=O) groups excluding carboxylic acids is 1. The van der Waals surface area contributed by atoms with Crippen molar-refractivity contribution in [3.05, 3.63) is 0 Å². The molecule has 20 heavy (non-hydrogen) atoms. The van der Waals surface area contributed by atoms with Crippen LogP contribution in [0.15, 0.2) is 0 Å². The monoisotopic (exact) mass is 284 g/mol. The van der Waals surface area contributed by atoms with Crippen molar-refractivity contribution in [1.29, 1.82) is 0 Å². The first-order valence-corrected chi connectivity index (χ1v) is 7.28. The molecule has 2 N–H and O–H groups in total. The summed E-state index contributed by atoms with van der Waals surface area (Å²) in [5.41, 5.74) is -0.407. The van der Waals surface area contributed by atoms with Crippen LogP contribution in [0.5, 0.6) is 0 Å². The number of nitrogens with zero attached hydrogens (tertiary/aromatic N) is 1. The number of hydrogen-bond donors (Lipinski definition) is 2. The Morgan fingerprint density at radius 2 is 2.10 bits per heavy atom. The van der Waals surface area contributed by atoms with Crippen molar-refractivity contribution < 1.29 is 19.4 Å². The zero-order valence-corrected chi connectivity index (χ0v) is 12.4. The highest BCUT2D eigenvalue weighted by molar-refractivity contribution is 5.79. The van der Waals surface area contributed by atoms with Gasteiger partial charge in [0.25, 0.3) is 0 Å². The molecule has 6 nitrogen and oxygen atoms in total. The van der Waals surface area contributed by atoms with Gasteiger partial charge in [0.2, 0.25) is 0 Å². The lowest BCUT2D eigenvalue weighted by Crippen LogP contribution is -2.48. The van der Waals surface area contributed by atoms with Gasteiger partial charge in [-0.3, -0.25) is 4.79 Å². The summed E-state index contributed by atoms with van der Waals surface area (Å²) < 4.78 is 5.54. The van der Waals surface area contributed by atoms with Crippen molar-refractivity contribution in [3.63, 3.8) is 0 Å². The second-order valence-corrected chi connectivity index (χ2v) is 6.24. The van der Waals surface area contributed by atoms with Gasteiger partial charge in [0.1, 0.15) is 0 Å². The fourth-order valence-corrected chi connectivity index (χ4v) is 3.39. The summed E-state index contributed by atoms with van der Waals surface area (Å²) in [4.78, 5) is 25.2. The van der Waals surface area contributed by atoms with E-state index in [1.54, 1.807) is 4.90 Å². The molecule has 0 aromatic rings. The number of fused-ring (bicyclic) bond motifs is 2. The van der Waals surface area contributed by atoms with Crippen LogP contribution >= 0.6 is 0 Å². The minimum absolute atomic E-state index is 0.0799. The first-order valence-electron chi connectivity index (χ1n) is 7.28. The molecule has 3 unspecified atom stereocenters. The first-order chi connectivity index (χ1) is 9.35. The lowest BCUT2D eigenvalue weighted by Gasteiger charge is -2.28. The molecule has 0 spiro atoms. The second kappa shape index (κ2) is 5.60. The van der Waals surface area contributed by atoms with Crippen LogP contribution in [-0.4, -0.2) is 52.8 Å². The lowest BCUT2D eigenvalue weighted by atomic mass is 9.89. The Morgan fingerprint density at radius 3 is 2.65 bits per heavy atom. The van der Waals surface area contributed by atoms with Gasteiger partial charge < -0.3 is 20.1 Å². The molecule has 2 saturated heterocycles. The van der Waals surface area contributed by atoms with E-state index in [1.165, 1.54) is 0 Å². The third-order valence-corrected chi connectivity index (χ3v) is 4.29. The van der Waals surface area contributed by atoms with E-state index in [0.717, 1.165) is 12.8 Å². The lowest BCUT2D eigenvalue weighted by molar-refractivity contribution is -0.142. The van der Waals surface area contributed by atoms with Gasteiger partial charge in [0, 0.05) is 25.2 Å². The third-order valence-electron chi connectivity index (χ3n) is 4.29. The van der Waals surface area contributed by atoms with Crippen LogP contribution in [0.4, 0.5) is 4.79 Å². The molecule has 2 heterocycles. The number of aliphatic carboxylic acids is 1. The molecule has 6 heteroatoms. The molecule has 2 amide bonds. The summed E-state index contributed by atoms with van der Waals surface area (Å²) in [6.45, 7) is 6.79. The molecule has 0 saturated carbocycles. The molecule has 0 aliphatic carbocycles. The molecule has 0 aromatic heterocycles. The SMILES string of the molecule is CCOC(C)(C)CNC(=O)N1C2CCC1C(C(=O)O)C2. The standard InChI is InChI=1S/C14H24N2O4/c1-4-20-14(2,3)8-15-13(19)16-9-5-6-11(16)10(7-9)12(17)18/h9-11H,4-8H2,1-3H3,(H,15,19)(H,17,18). The molecule has 2 aliphatic rings. The highest BCUT2D eigenvalue weighted by Gasteiger charge is 2.51. The van der Waals surface area contributed by atoms with Crippen LogP contribution in [0.1, 0.15) is 40.0 Å². The molecule has 3 atom stereocenters. The number of amides is 2. The van der Waals surface area contributed by atoms with Gasteiger partial charge in [-0.05, 0) is 40.0 Å². The van der Waals surface area contributed by atoms with Crippen molar-refractivity contribution in [3.8, 4) is 0 Å². The Balaban J connectivity index is 1.92. The fourth-order valence-electron chi connectivity index (χ4n) is 3.39. The Morgan fingerprint density at radius 1 is 1.40 bits per heavy atom. The maximum absolute atomic E-state index is 12.3. The normalized spacial score (nSPS) is 28.8. The van der Waals surface area contributed by atoms with Crippen molar-refractivity contribution in [2.75, 3.05) is 13.2 Å². The number of rotatable bonds is 5. The van der Waals surface area contributed by atoms with E-state index in [9.17, 15) is 14.7 Å². The van der Waals surface area contributed by atoms with Gasteiger partial charge >= 0.3 is 12.0 Å². The van der Waals surface area contributed by atoms with E-state index in [0.29, 0.717) is 19.6 Å². The zero-order valence-electron chi connectivity index (χ0n) is 12.4. The van der Waals surface area contributed by atoms with Crippen LogP contribution < -0.4 is 5.32 Å². The highest BCUT2D eigenvalue weighted by atomic mass is 16.5. The van der Waals surface area contributed by atoms with E-state index in [2.05, 4.69) is 5.32 Å². The van der Waals surface area contributed by atoms with Gasteiger partial charge in [-0.25, -0.2) is 4.79 Å². The van der Waals surface area contributed by atoms with E-state index in [1.807, 2.05) is 20.8 Å². The fraction of sp³-hybridized carbons (Fsp3) is 0.857. The number of hydrogen-bond acceptors (Lipinski definition) is 3. The van der Waals surface area contributed by atoms with Crippen LogP contribution in [0, 0.1) is 5.92 Å². The summed E-state index contributed by atoms with van der Waals surface area (Å²) in [6, 6.07) is -0.224. The summed E-state index contributed by atoms with van der Waals surface area (Å²) >= 11 is 0. The summed E-state index contributed by atoms with van der Waals surface area (Å²) in [5.74, 6) is -1.19. The van der Waals surface area contributed by atoms with Gasteiger partial charge in [-0.2, -0.15) is 0 Å². The van der Waals surface area contributed by atoms with E-state index in [-0.39, 0.29) is 18.1 Å². The average Bonchev–Trinajstić information content (AvgIpc) is 2.93. The molecule has 0 radical (unpaired) electrons. The topological polar surface area (TPSA) is 78.9 Å². The smallest absolute Gasteiger partial charge is 0.318 e. The predicted molar refractivity (Wildman–Crippen MR) is 73.5 cm³/mol. The molecule has 2 aliphatic heterocycles. The Hall–Kier alpha value is -1.30. The third kappa shape index (κ3) is 2.90. The van der Waals surface area contributed by atoms with Gasteiger partial charge in [0.05, 0.1) is 11.5 Å². The molecule has 0 aromatic carbocycles. The second-order valence-electron chi connectivity index (χ2n) is 6.24. The van der Waals surface area contributed by atoms with Gasteiger partial charge in [-0.15, -0.1) is 0 Å². The zero-order chi connectivity index (χ0) is 14.9. The molecule has 2 fully saturated rings. The number of carboxylic acids is 1. The van der Waals surface area contributed by atoms with Crippen molar-refractivity contribution in [2.45, 2.75) is 57.7 Å². The van der Waals surface area contributed by atoms with Crippen molar-refractivity contribution in [1.82, 2.24) is 10.2 Å². The molecular weight excluding hydrogens is 260 g/mol. The Labute approximate surface area is 119 Å². The highest BCUT2D eigenvalue weighted by Crippen LogP contribution is 2.41. The molecule has 114 valence electrons. The Bertz CT molecular complexity index is 397. The van der Waals surface area contributed by atoms with Crippen LogP contribution in [-0.2, 0) is 9.53 Å². The summed E-state index contributed by atoms with van der Waals surface area (Å²) in [5, 5.41) is 12.1. The number of ether oxygens (including phenoxy) is 1. The van der Waals surface area contributed by atoms with E-state index < -0.39 is 17.5 Å². The molecular formula is C14H24N2O4. The van der Waals surface area contributed by atoms with E-state index in [4.69, 9.17) is 4.74 Å². The quantitative estimate of drug-likeness (QED) is 0.801. The Kier molecular flexibility index (Phi) is 4.22. The van der Waals surface area contributed by atoms with Crippen LogP contribution in [0.2, 0.25) is 0 Å². The number of urea groups is 1. The largest absolute Gasteiger partial charge is 0.481 e. The average molecular weight is 284 g/mol. The number of carboxylic acid groups (broad SMARTS) is 1. The maximum atomic E-state index is 12.3. The number of nitrogens with one attached hydrogen (secondary N) is 1. The minimum atomic E-state index is -0.787. The molecule has 2 bridgehead atoms. The van der Waals surface area contributed by atoms with Crippen LogP contribution in [0.25, 0.3) is 0 Å². The van der Waals surface area contributed by atoms with Gasteiger partial charge in [0.15, 0.2) is 0 Å². The number of carbonyl (C=O) groups is 2. The van der Waals surface area contributed by atoms with Crippen LogP contribution in [0.3, 0.4) is 0 Å². The maximum Gasteiger partial charge on any atom is 0.318 e. The van der Waals surface area contributed by atoms with E-state index >= 15 is 0 Å². The minimum Gasteiger partial charge on any atom is -0.481 e. The first kappa shape index (κ1) is 15.1. The molecule has 2 rings (SSSR count). The van der Waals surface area contributed by atoms with Crippen molar-refractivity contribution in [2.24, 2.45) is 5.92 Å². The van der Waals surface area contributed by atoms with Gasteiger partial charge in [-0.1, -0.05) is 0 Å². The summed E-state index contributed by atoms with van der Waals surface area (Å²) in [7, 11) is 0. The predicted octanol–water partition coefficient (Wildman–Crippen LogP) is 1.45. The van der Waals surface area contributed by atoms with Crippen molar-refractivity contribution >= 4 is 12.0 Å².